The number of methoxy groups -OCH3 is 1. The maximum absolute atomic E-state index is 11.4. The molecule has 2 nitrogen and oxygen atoms in total. The predicted octanol–water partition coefficient (Wildman–Crippen LogP) is 3.19. The minimum absolute atomic E-state index is 0.0487. The number of hydrogen-bond donors (Lipinski definition) is 0. The summed E-state index contributed by atoms with van der Waals surface area (Å²) in [4.78, 5) is 11.4. The van der Waals surface area contributed by atoms with Gasteiger partial charge in [-0.25, -0.2) is 0 Å². The van der Waals surface area contributed by atoms with Crippen LogP contribution >= 0.6 is 0 Å². The van der Waals surface area contributed by atoms with Crippen LogP contribution in [0, 0.1) is 5.92 Å². The van der Waals surface area contributed by atoms with Crippen LogP contribution in [0.1, 0.15) is 25.3 Å². The molecule has 0 radical (unpaired) electrons. The summed E-state index contributed by atoms with van der Waals surface area (Å²) >= 11 is 0. The lowest BCUT2D eigenvalue weighted by Crippen LogP contribution is -2.15. The molecule has 1 aromatic rings. The molecule has 0 aliphatic heterocycles. The summed E-state index contributed by atoms with van der Waals surface area (Å²) in [6.07, 6.45) is 1.82. The Morgan fingerprint density at radius 3 is 2.69 bits per heavy atom. The number of carbonyl (C=O) groups excluding carboxylic acids is 1. The fourth-order valence-electron chi connectivity index (χ4n) is 1.73. The van der Waals surface area contributed by atoms with E-state index < -0.39 is 0 Å². The number of allylic oxidation sites excluding steroid dienone is 1. The van der Waals surface area contributed by atoms with Gasteiger partial charge >= 0.3 is 0 Å². The van der Waals surface area contributed by atoms with Gasteiger partial charge in [0.15, 0.2) is 0 Å². The normalized spacial score (nSPS) is 13.9. The van der Waals surface area contributed by atoms with Gasteiger partial charge in [-0.1, -0.05) is 25.1 Å². The highest BCUT2D eigenvalue weighted by atomic mass is 16.5. The molecule has 1 aromatic carbocycles. The van der Waals surface area contributed by atoms with Crippen LogP contribution in [-0.4, -0.2) is 12.9 Å². The summed E-state index contributed by atoms with van der Waals surface area (Å²) in [5.74, 6) is 0.977. The molecular formula is C14H18O2. The molecule has 0 bridgehead atoms. The van der Waals surface area contributed by atoms with Crippen LogP contribution in [0.3, 0.4) is 0 Å². The van der Waals surface area contributed by atoms with Crippen molar-refractivity contribution in [3.8, 4) is 5.75 Å². The Labute approximate surface area is 96.9 Å². The van der Waals surface area contributed by atoms with Crippen molar-refractivity contribution in [1.82, 2.24) is 0 Å². The molecule has 0 N–H and O–H groups in total. The lowest BCUT2D eigenvalue weighted by Gasteiger charge is -2.19. The molecule has 0 saturated heterocycles. The lowest BCUT2D eigenvalue weighted by atomic mass is 9.85. The summed E-state index contributed by atoms with van der Waals surface area (Å²) in [6.45, 7) is 7.34. The van der Waals surface area contributed by atoms with E-state index in [1.165, 1.54) is 0 Å². The van der Waals surface area contributed by atoms with E-state index in [0.29, 0.717) is 0 Å². The van der Waals surface area contributed by atoms with Crippen LogP contribution in [-0.2, 0) is 4.79 Å². The monoisotopic (exact) mass is 218 g/mol. The number of hydrogen-bond acceptors (Lipinski definition) is 2. The van der Waals surface area contributed by atoms with Crippen LogP contribution in [0.15, 0.2) is 36.9 Å². The Morgan fingerprint density at radius 2 is 2.19 bits per heavy atom. The van der Waals surface area contributed by atoms with Crippen LogP contribution < -0.4 is 4.74 Å². The lowest BCUT2D eigenvalue weighted by molar-refractivity contribution is -0.120. The minimum atomic E-state index is -0.0513. The van der Waals surface area contributed by atoms with Gasteiger partial charge in [-0.2, -0.15) is 0 Å². The first-order chi connectivity index (χ1) is 7.60. The van der Waals surface area contributed by atoms with Gasteiger partial charge in [0.1, 0.15) is 11.5 Å². The van der Waals surface area contributed by atoms with Crippen LogP contribution in [0.25, 0.3) is 0 Å². The first kappa shape index (κ1) is 12.5. The second kappa shape index (κ2) is 5.50. The number of carbonyl (C=O) groups is 1. The van der Waals surface area contributed by atoms with Crippen LogP contribution in [0.4, 0.5) is 0 Å². The number of ether oxygens (including phenoxy) is 1. The van der Waals surface area contributed by atoms with Gasteiger partial charge in [-0.05, 0) is 24.6 Å². The highest BCUT2D eigenvalue weighted by Crippen LogP contribution is 2.28. The summed E-state index contributed by atoms with van der Waals surface area (Å²) < 4.78 is 5.17. The van der Waals surface area contributed by atoms with Gasteiger partial charge in [0.2, 0.25) is 0 Å². The van der Waals surface area contributed by atoms with E-state index in [2.05, 4.69) is 6.58 Å². The molecule has 0 aromatic heterocycles. The highest BCUT2D eigenvalue weighted by Gasteiger charge is 2.20. The van der Waals surface area contributed by atoms with Crippen molar-refractivity contribution in [3.63, 3.8) is 0 Å². The SMILES string of the molecule is C=CC(c1cccc(OC)c1)C(C)C(C)=O. The second-order valence-electron chi connectivity index (χ2n) is 3.94. The third kappa shape index (κ3) is 2.72. The number of benzene rings is 1. The zero-order chi connectivity index (χ0) is 12.1. The molecule has 86 valence electrons. The molecule has 0 spiro atoms. The summed E-state index contributed by atoms with van der Waals surface area (Å²) in [7, 11) is 1.64. The average Bonchev–Trinajstić information content (AvgIpc) is 2.30. The van der Waals surface area contributed by atoms with E-state index in [4.69, 9.17) is 4.74 Å². The van der Waals surface area contributed by atoms with Gasteiger partial charge in [-0.15, -0.1) is 6.58 Å². The molecule has 1 rings (SSSR count). The second-order valence-corrected chi connectivity index (χ2v) is 3.94. The summed E-state index contributed by atoms with van der Waals surface area (Å²) in [5, 5.41) is 0. The molecule has 0 fully saturated rings. The Morgan fingerprint density at radius 1 is 1.50 bits per heavy atom. The zero-order valence-electron chi connectivity index (χ0n) is 10.1. The molecule has 16 heavy (non-hydrogen) atoms. The zero-order valence-corrected chi connectivity index (χ0v) is 10.1. The Bertz CT molecular complexity index is 382. The van der Waals surface area contributed by atoms with Crippen molar-refractivity contribution in [2.24, 2.45) is 5.92 Å². The summed E-state index contributed by atoms with van der Waals surface area (Å²) in [5.41, 5.74) is 1.07. The van der Waals surface area contributed by atoms with E-state index in [-0.39, 0.29) is 17.6 Å². The van der Waals surface area contributed by atoms with Gasteiger partial charge in [-0.3, -0.25) is 4.79 Å². The maximum atomic E-state index is 11.4. The van der Waals surface area contributed by atoms with Crippen molar-refractivity contribution in [2.45, 2.75) is 19.8 Å². The fourth-order valence-corrected chi connectivity index (χ4v) is 1.73. The van der Waals surface area contributed by atoms with E-state index >= 15 is 0 Å². The molecule has 0 saturated carbocycles. The number of Topliss-reactive ketones (excluding diaryl/α,β-unsaturated/α-hetero) is 1. The Hall–Kier alpha value is -1.57. The largest absolute Gasteiger partial charge is 0.497 e. The minimum Gasteiger partial charge on any atom is -0.497 e. The molecule has 0 amide bonds. The van der Waals surface area contributed by atoms with Gasteiger partial charge in [0, 0.05) is 11.8 Å². The Balaban J connectivity index is 3.03. The molecule has 2 heteroatoms. The molecule has 0 aliphatic carbocycles. The quantitative estimate of drug-likeness (QED) is 0.709. The van der Waals surface area contributed by atoms with E-state index in [9.17, 15) is 4.79 Å². The highest BCUT2D eigenvalue weighted by molar-refractivity contribution is 5.79. The van der Waals surface area contributed by atoms with Crippen molar-refractivity contribution in [1.29, 1.82) is 0 Å². The molecular weight excluding hydrogens is 200 g/mol. The summed E-state index contributed by atoms with van der Waals surface area (Å²) in [6, 6.07) is 7.76. The van der Waals surface area contributed by atoms with Crippen LogP contribution in [0.5, 0.6) is 5.75 Å². The predicted molar refractivity (Wildman–Crippen MR) is 65.8 cm³/mol. The van der Waals surface area contributed by atoms with E-state index in [1.54, 1.807) is 14.0 Å². The third-order valence-corrected chi connectivity index (χ3v) is 2.91. The molecule has 0 aliphatic rings. The van der Waals surface area contributed by atoms with Gasteiger partial charge < -0.3 is 4.74 Å². The Kier molecular flexibility index (Phi) is 4.29. The van der Waals surface area contributed by atoms with E-state index in [1.807, 2.05) is 37.3 Å². The van der Waals surface area contributed by atoms with Crippen LogP contribution in [0.2, 0.25) is 0 Å². The van der Waals surface area contributed by atoms with Gasteiger partial charge in [0.25, 0.3) is 0 Å². The van der Waals surface area contributed by atoms with Gasteiger partial charge in [0.05, 0.1) is 7.11 Å². The van der Waals surface area contributed by atoms with Crippen molar-refractivity contribution < 1.29 is 9.53 Å². The standard InChI is InChI=1S/C14H18O2/c1-5-14(10(2)11(3)15)12-7-6-8-13(9-12)16-4/h5-10,14H,1H2,2-4H3. The van der Waals surface area contributed by atoms with Crippen molar-refractivity contribution in [2.75, 3.05) is 7.11 Å². The first-order valence-corrected chi connectivity index (χ1v) is 5.37. The molecule has 2 atom stereocenters. The smallest absolute Gasteiger partial charge is 0.133 e. The fraction of sp³-hybridized carbons (Fsp3) is 0.357. The van der Waals surface area contributed by atoms with E-state index in [0.717, 1.165) is 11.3 Å². The first-order valence-electron chi connectivity index (χ1n) is 5.37. The molecule has 2 unspecified atom stereocenters. The average molecular weight is 218 g/mol. The molecule has 0 heterocycles. The number of rotatable bonds is 5. The number of ketones is 1. The van der Waals surface area contributed by atoms with Crippen molar-refractivity contribution >= 4 is 5.78 Å². The topological polar surface area (TPSA) is 26.3 Å². The maximum Gasteiger partial charge on any atom is 0.133 e. The van der Waals surface area contributed by atoms with Crippen molar-refractivity contribution in [3.05, 3.63) is 42.5 Å². The third-order valence-electron chi connectivity index (χ3n) is 2.91.